The highest BCUT2D eigenvalue weighted by Crippen LogP contribution is 2.44. The van der Waals surface area contributed by atoms with Crippen molar-refractivity contribution in [2.24, 2.45) is 0 Å². The Kier molecular flexibility index (Phi) is 4.40. The van der Waals surface area contributed by atoms with Crippen molar-refractivity contribution in [3.8, 4) is 0 Å². The SMILES string of the molecule is CC1(C)OC2C3OC(C)(C)O[C@H]3C(CO[C@H]3CCCCO3)O[C@@H]2O1. The summed E-state index contributed by atoms with van der Waals surface area (Å²) < 4.78 is 41.7. The van der Waals surface area contributed by atoms with Crippen LogP contribution in [0.5, 0.6) is 0 Å². The molecule has 0 saturated carbocycles. The van der Waals surface area contributed by atoms with Crippen LogP contribution in [0, 0.1) is 0 Å². The van der Waals surface area contributed by atoms with E-state index in [4.69, 9.17) is 33.2 Å². The van der Waals surface area contributed by atoms with Crippen molar-refractivity contribution in [3.63, 3.8) is 0 Å². The molecule has 0 spiro atoms. The fourth-order valence-corrected chi connectivity index (χ4v) is 3.87. The zero-order chi connectivity index (χ0) is 16.9. The maximum absolute atomic E-state index is 6.11. The second kappa shape index (κ2) is 6.16. The average Bonchev–Trinajstić information content (AvgIpc) is 3.00. The molecule has 3 unspecified atom stereocenters. The minimum Gasteiger partial charge on any atom is -0.353 e. The van der Waals surface area contributed by atoms with Crippen LogP contribution in [0.25, 0.3) is 0 Å². The molecule has 4 heterocycles. The van der Waals surface area contributed by atoms with E-state index in [9.17, 15) is 0 Å². The topological polar surface area (TPSA) is 64.6 Å². The first-order chi connectivity index (χ1) is 11.3. The Hall–Kier alpha value is -0.280. The summed E-state index contributed by atoms with van der Waals surface area (Å²) in [6, 6.07) is 0. The van der Waals surface area contributed by atoms with Gasteiger partial charge < -0.3 is 33.2 Å². The molecular formula is C17H28O7. The van der Waals surface area contributed by atoms with Crippen LogP contribution in [0.15, 0.2) is 0 Å². The fraction of sp³-hybridized carbons (Fsp3) is 1.00. The summed E-state index contributed by atoms with van der Waals surface area (Å²) in [5.41, 5.74) is 0. The zero-order valence-corrected chi connectivity index (χ0v) is 14.9. The molecule has 24 heavy (non-hydrogen) atoms. The summed E-state index contributed by atoms with van der Waals surface area (Å²) in [4.78, 5) is 0. The lowest BCUT2D eigenvalue weighted by molar-refractivity contribution is -0.259. The van der Waals surface area contributed by atoms with Gasteiger partial charge in [0.25, 0.3) is 0 Å². The molecule has 0 radical (unpaired) electrons. The van der Waals surface area contributed by atoms with E-state index in [2.05, 4.69) is 0 Å². The molecule has 7 heteroatoms. The van der Waals surface area contributed by atoms with Crippen molar-refractivity contribution in [1.82, 2.24) is 0 Å². The minimum atomic E-state index is -0.696. The zero-order valence-electron chi connectivity index (χ0n) is 14.9. The van der Waals surface area contributed by atoms with Crippen LogP contribution in [0.3, 0.4) is 0 Å². The van der Waals surface area contributed by atoms with Crippen molar-refractivity contribution in [3.05, 3.63) is 0 Å². The number of ether oxygens (including phenoxy) is 7. The van der Waals surface area contributed by atoms with E-state index in [-0.39, 0.29) is 30.7 Å². The first-order valence-corrected chi connectivity index (χ1v) is 8.93. The Morgan fingerprint density at radius 2 is 1.58 bits per heavy atom. The second-order valence-corrected chi connectivity index (χ2v) is 7.84. The maximum Gasteiger partial charge on any atom is 0.190 e. The molecule has 0 aromatic carbocycles. The normalized spacial score (nSPS) is 46.5. The Bertz CT molecular complexity index is 460. The maximum atomic E-state index is 6.11. The lowest BCUT2D eigenvalue weighted by Crippen LogP contribution is -2.56. The molecule has 0 bridgehead atoms. The smallest absolute Gasteiger partial charge is 0.190 e. The molecule has 4 aliphatic rings. The molecule has 4 saturated heterocycles. The summed E-state index contributed by atoms with van der Waals surface area (Å²) in [6.07, 6.45) is 1.46. The van der Waals surface area contributed by atoms with Gasteiger partial charge in [0.15, 0.2) is 24.2 Å². The quantitative estimate of drug-likeness (QED) is 0.775. The van der Waals surface area contributed by atoms with E-state index in [1.165, 1.54) is 0 Å². The monoisotopic (exact) mass is 344 g/mol. The highest BCUT2D eigenvalue weighted by atomic mass is 16.9. The fourth-order valence-electron chi connectivity index (χ4n) is 3.87. The van der Waals surface area contributed by atoms with Gasteiger partial charge in [0.1, 0.15) is 24.4 Å². The molecule has 0 N–H and O–H groups in total. The van der Waals surface area contributed by atoms with Crippen LogP contribution < -0.4 is 0 Å². The molecule has 0 amide bonds. The van der Waals surface area contributed by atoms with Gasteiger partial charge in [-0.05, 0) is 47.0 Å². The molecule has 138 valence electrons. The third-order valence-corrected chi connectivity index (χ3v) is 4.84. The first-order valence-electron chi connectivity index (χ1n) is 8.93. The molecule has 4 rings (SSSR count). The average molecular weight is 344 g/mol. The third kappa shape index (κ3) is 3.35. The standard InChI is InChI=1S/C17H28O7/c1-16(2)21-12-10(9-19-11-7-5-6-8-18-11)20-15-14(13(12)22-16)23-17(3,4)24-15/h10-15H,5-9H2,1-4H3/t10?,11-,12-,13?,14?,15+/m0/s1. The Morgan fingerprint density at radius 3 is 2.33 bits per heavy atom. The second-order valence-electron chi connectivity index (χ2n) is 7.84. The number of hydrogen-bond acceptors (Lipinski definition) is 7. The highest BCUT2D eigenvalue weighted by molar-refractivity contribution is 5.00. The van der Waals surface area contributed by atoms with Crippen molar-refractivity contribution in [2.45, 2.75) is 95.5 Å². The Labute approximate surface area is 142 Å². The van der Waals surface area contributed by atoms with Gasteiger partial charge in [-0.1, -0.05) is 0 Å². The first kappa shape index (κ1) is 17.1. The van der Waals surface area contributed by atoms with Gasteiger partial charge in [-0.3, -0.25) is 0 Å². The van der Waals surface area contributed by atoms with Gasteiger partial charge in [0, 0.05) is 6.61 Å². The third-order valence-electron chi connectivity index (χ3n) is 4.84. The lowest BCUT2D eigenvalue weighted by atomic mass is 9.99. The molecule has 6 atom stereocenters. The van der Waals surface area contributed by atoms with Crippen molar-refractivity contribution in [1.29, 1.82) is 0 Å². The summed E-state index contributed by atoms with van der Waals surface area (Å²) >= 11 is 0. The number of rotatable bonds is 3. The predicted octanol–water partition coefficient (Wildman–Crippen LogP) is 1.93. The van der Waals surface area contributed by atoms with Gasteiger partial charge in [-0.2, -0.15) is 0 Å². The molecule has 0 aromatic heterocycles. The molecule has 0 aromatic rings. The van der Waals surface area contributed by atoms with Crippen LogP contribution in [0.1, 0.15) is 47.0 Å². The molecular weight excluding hydrogens is 316 g/mol. The van der Waals surface area contributed by atoms with Crippen LogP contribution in [-0.2, 0) is 33.2 Å². The van der Waals surface area contributed by atoms with Crippen LogP contribution in [0.2, 0.25) is 0 Å². The van der Waals surface area contributed by atoms with Gasteiger partial charge in [-0.25, -0.2) is 0 Å². The van der Waals surface area contributed by atoms with Crippen molar-refractivity contribution >= 4 is 0 Å². The molecule has 4 fully saturated rings. The Balaban J connectivity index is 1.45. The summed E-state index contributed by atoms with van der Waals surface area (Å²) in [5.74, 6) is -1.37. The van der Waals surface area contributed by atoms with Gasteiger partial charge in [-0.15, -0.1) is 0 Å². The van der Waals surface area contributed by atoms with Crippen molar-refractivity contribution in [2.75, 3.05) is 13.2 Å². The highest BCUT2D eigenvalue weighted by Gasteiger charge is 2.60. The van der Waals surface area contributed by atoms with E-state index in [1.807, 2.05) is 27.7 Å². The molecule has 7 nitrogen and oxygen atoms in total. The summed E-state index contributed by atoms with van der Waals surface area (Å²) in [6.45, 7) is 8.72. The van der Waals surface area contributed by atoms with Gasteiger partial charge in [0.2, 0.25) is 0 Å². The van der Waals surface area contributed by atoms with Gasteiger partial charge in [0.05, 0.1) is 6.61 Å². The van der Waals surface area contributed by atoms with E-state index in [1.54, 1.807) is 0 Å². The van der Waals surface area contributed by atoms with Crippen molar-refractivity contribution < 1.29 is 33.2 Å². The van der Waals surface area contributed by atoms with Crippen LogP contribution in [0.4, 0.5) is 0 Å². The van der Waals surface area contributed by atoms with Crippen LogP contribution >= 0.6 is 0 Å². The van der Waals surface area contributed by atoms with Gasteiger partial charge >= 0.3 is 0 Å². The van der Waals surface area contributed by atoms with Crippen LogP contribution in [-0.4, -0.2) is 61.8 Å². The number of hydrogen-bond donors (Lipinski definition) is 0. The molecule has 0 aliphatic carbocycles. The van der Waals surface area contributed by atoms with E-state index >= 15 is 0 Å². The van der Waals surface area contributed by atoms with E-state index in [0.29, 0.717) is 6.61 Å². The lowest BCUT2D eigenvalue weighted by Gasteiger charge is -2.37. The minimum absolute atomic E-state index is 0.161. The molecule has 4 aliphatic heterocycles. The summed E-state index contributed by atoms with van der Waals surface area (Å²) in [5, 5.41) is 0. The predicted molar refractivity (Wildman–Crippen MR) is 82.1 cm³/mol. The summed E-state index contributed by atoms with van der Waals surface area (Å²) in [7, 11) is 0. The van der Waals surface area contributed by atoms with E-state index < -0.39 is 17.9 Å². The Morgan fingerprint density at radius 1 is 0.875 bits per heavy atom. The van der Waals surface area contributed by atoms with E-state index in [0.717, 1.165) is 25.9 Å². The number of fused-ring (bicyclic) bond motifs is 3. The largest absolute Gasteiger partial charge is 0.353 e.